The number of aromatic nitrogens is 1. The van der Waals surface area contributed by atoms with Gasteiger partial charge in [-0.3, -0.25) is 10.1 Å². The molecular formula is C12H14N4O3. The first kappa shape index (κ1) is 12.9. The molecule has 0 aliphatic carbocycles. The molecule has 0 bridgehead atoms. The van der Waals surface area contributed by atoms with Gasteiger partial charge in [0.2, 0.25) is 0 Å². The van der Waals surface area contributed by atoms with Gasteiger partial charge >= 0.3 is 0 Å². The van der Waals surface area contributed by atoms with E-state index in [1.54, 1.807) is 6.26 Å². The van der Waals surface area contributed by atoms with Crippen molar-refractivity contribution in [2.45, 2.75) is 19.4 Å². The highest BCUT2D eigenvalue weighted by Crippen LogP contribution is 2.19. The first-order chi connectivity index (χ1) is 9.04. The number of nitrogen functional groups attached to an aromatic ring is 1. The molecule has 1 atom stereocenters. The van der Waals surface area contributed by atoms with Gasteiger partial charge in [0, 0.05) is 12.5 Å². The van der Waals surface area contributed by atoms with Gasteiger partial charge in [0.05, 0.1) is 23.3 Å². The summed E-state index contributed by atoms with van der Waals surface area (Å²) in [4.78, 5) is 14.2. The van der Waals surface area contributed by atoms with Gasteiger partial charge in [-0.25, -0.2) is 4.98 Å². The van der Waals surface area contributed by atoms with Crippen LogP contribution < -0.4 is 11.1 Å². The van der Waals surface area contributed by atoms with Gasteiger partial charge in [0.25, 0.3) is 5.69 Å². The summed E-state index contributed by atoms with van der Waals surface area (Å²) in [6.45, 7) is 1.93. The van der Waals surface area contributed by atoms with Crippen LogP contribution in [0.3, 0.4) is 0 Å². The lowest BCUT2D eigenvalue weighted by atomic mass is 10.2. The minimum Gasteiger partial charge on any atom is -0.469 e. The van der Waals surface area contributed by atoms with E-state index in [1.807, 2.05) is 19.1 Å². The molecular weight excluding hydrogens is 248 g/mol. The Morgan fingerprint density at radius 2 is 2.37 bits per heavy atom. The van der Waals surface area contributed by atoms with E-state index in [9.17, 15) is 10.1 Å². The standard InChI is InChI=1S/C12H14N4O3/c1-8(5-10-3-2-4-19-10)14-12-7-9(16(17)18)6-11(13)15-12/h2-4,6-8H,5H2,1H3,(H3,13,14,15). The van der Waals surface area contributed by atoms with E-state index in [4.69, 9.17) is 10.2 Å². The minimum absolute atomic E-state index is 0.0139. The number of hydrogen-bond donors (Lipinski definition) is 2. The third-order valence-corrected chi connectivity index (χ3v) is 2.52. The van der Waals surface area contributed by atoms with Crippen LogP contribution in [-0.4, -0.2) is 15.9 Å². The molecule has 2 aromatic rings. The monoisotopic (exact) mass is 262 g/mol. The van der Waals surface area contributed by atoms with Crippen molar-refractivity contribution in [2.75, 3.05) is 11.1 Å². The summed E-state index contributed by atoms with van der Waals surface area (Å²) in [6, 6.07) is 6.27. The van der Waals surface area contributed by atoms with Crippen LogP contribution in [0.15, 0.2) is 34.9 Å². The Morgan fingerprint density at radius 3 is 3.00 bits per heavy atom. The Hall–Kier alpha value is -2.57. The molecule has 0 amide bonds. The summed E-state index contributed by atoms with van der Waals surface area (Å²) >= 11 is 0. The van der Waals surface area contributed by atoms with Gasteiger partial charge in [0.1, 0.15) is 17.4 Å². The van der Waals surface area contributed by atoms with Crippen LogP contribution in [0.4, 0.5) is 17.3 Å². The lowest BCUT2D eigenvalue weighted by Crippen LogP contribution is -2.19. The molecule has 0 aromatic carbocycles. The number of pyridine rings is 1. The van der Waals surface area contributed by atoms with E-state index in [-0.39, 0.29) is 17.5 Å². The fraction of sp³-hybridized carbons (Fsp3) is 0.250. The second kappa shape index (κ2) is 5.38. The Bertz CT molecular complexity index is 568. The fourth-order valence-corrected chi connectivity index (χ4v) is 1.75. The second-order valence-electron chi connectivity index (χ2n) is 4.22. The molecule has 0 aliphatic rings. The average molecular weight is 262 g/mol. The smallest absolute Gasteiger partial charge is 0.276 e. The van der Waals surface area contributed by atoms with Gasteiger partial charge in [-0.15, -0.1) is 0 Å². The third kappa shape index (κ3) is 3.44. The Labute approximate surface area is 109 Å². The van der Waals surface area contributed by atoms with Crippen molar-refractivity contribution in [1.82, 2.24) is 4.98 Å². The van der Waals surface area contributed by atoms with Crippen LogP contribution in [-0.2, 0) is 6.42 Å². The molecule has 7 nitrogen and oxygen atoms in total. The zero-order valence-electron chi connectivity index (χ0n) is 10.4. The van der Waals surface area contributed by atoms with Crippen molar-refractivity contribution in [3.8, 4) is 0 Å². The largest absolute Gasteiger partial charge is 0.469 e. The molecule has 2 aromatic heterocycles. The number of nitro groups is 1. The number of anilines is 2. The number of hydrogen-bond acceptors (Lipinski definition) is 6. The van der Waals surface area contributed by atoms with Crippen LogP contribution in [0.5, 0.6) is 0 Å². The maximum absolute atomic E-state index is 10.7. The van der Waals surface area contributed by atoms with Crippen molar-refractivity contribution in [1.29, 1.82) is 0 Å². The zero-order valence-corrected chi connectivity index (χ0v) is 10.4. The average Bonchev–Trinajstić information content (AvgIpc) is 2.80. The zero-order chi connectivity index (χ0) is 13.8. The highest BCUT2D eigenvalue weighted by Gasteiger charge is 2.12. The van der Waals surface area contributed by atoms with E-state index in [1.165, 1.54) is 12.1 Å². The van der Waals surface area contributed by atoms with E-state index in [0.717, 1.165) is 5.76 Å². The molecule has 0 radical (unpaired) electrons. The van der Waals surface area contributed by atoms with Gasteiger partial charge in [-0.2, -0.15) is 0 Å². The number of furan rings is 1. The van der Waals surface area contributed by atoms with Gasteiger partial charge in [-0.05, 0) is 19.1 Å². The topological polar surface area (TPSA) is 107 Å². The molecule has 19 heavy (non-hydrogen) atoms. The number of rotatable bonds is 5. The van der Waals surface area contributed by atoms with Gasteiger partial charge in [0.15, 0.2) is 0 Å². The molecule has 0 spiro atoms. The molecule has 0 saturated heterocycles. The van der Waals surface area contributed by atoms with Crippen molar-refractivity contribution in [2.24, 2.45) is 0 Å². The first-order valence-electron chi connectivity index (χ1n) is 5.75. The molecule has 2 rings (SSSR count). The van der Waals surface area contributed by atoms with Crippen LogP contribution in [0.2, 0.25) is 0 Å². The molecule has 3 N–H and O–H groups in total. The molecule has 0 aliphatic heterocycles. The summed E-state index contributed by atoms with van der Waals surface area (Å²) < 4.78 is 5.23. The predicted molar refractivity (Wildman–Crippen MR) is 70.8 cm³/mol. The number of nitrogens with zero attached hydrogens (tertiary/aromatic N) is 2. The van der Waals surface area contributed by atoms with Crippen LogP contribution in [0.1, 0.15) is 12.7 Å². The number of nitrogens with one attached hydrogen (secondary N) is 1. The first-order valence-corrected chi connectivity index (χ1v) is 5.75. The van der Waals surface area contributed by atoms with Crippen molar-refractivity contribution in [3.05, 3.63) is 46.4 Å². The molecule has 0 fully saturated rings. The lowest BCUT2D eigenvalue weighted by Gasteiger charge is -2.13. The molecule has 2 heterocycles. The van der Waals surface area contributed by atoms with Crippen molar-refractivity contribution < 1.29 is 9.34 Å². The van der Waals surface area contributed by atoms with Crippen LogP contribution >= 0.6 is 0 Å². The fourth-order valence-electron chi connectivity index (χ4n) is 1.75. The van der Waals surface area contributed by atoms with E-state index in [2.05, 4.69) is 10.3 Å². The van der Waals surface area contributed by atoms with Crippen LogP contribution in [0.25, 0.3) is 0 Å². The highest BCUT2D eigenvalue weighted by atomic mass is 16.6. The summed E-state index contributed by atoms with van der Waals surface area (Å²) in [7, 11) is 0. The summed E-state index contributed by atoms with van der Waals surface area (Å²) in [5.74, 6) is 1.33. The van der Waals surface area contributed by atoms with Crippen LogP contribution in [0, 0.1) is 10.1 Å². The van der Waals surface area contributed by atoms with Crippen molar-refractivity contribution >= 4 is 17.3 Å². The molecule has 1 unspecified atom stereocenters. The highest BCUT2D eigenvalue weighted by molar-refractivity contribution is 5.53. The predicted octanol–water partition coefficient (Wildman–Crippen LogP) is 2.21. The molecule has 0 saturated carbocycles. The molecule has 7 heteroatoms. The number of nitrogens with two attached hydrogens (primary N) is 1. The summed E-state index contributed by atoms with van der Waals surface area (Å²) in [6.07, 6.45) is 2.25. The van der Waals surface area contributed by atoms with E-state index < -0.39 is 4.92 Å². The lowest BCUT2D eigenvalue weighted by molar-refractivity contribution is -0.384. The minimum atomic E-state index is -0.500. The Morgan fingerprint density at radius 1 is 1.58 bits per heavy atom. The third-order valence-electron chi connectivity index (χ3n) is 2.52. The molecule has 100 valence electrons. The van der Waals surface area contributed by atoms with Gasteiger partial charge < -0.3 is 15.5 Å². The van der Waals surface area contributed by atoms with Gasteiger partial charge in [-0.1, -0.05) is 0 Å². The Balaban J connectivity index is 2.08. The SMILES string of the molecule is CC(Cc1ccco1)Nc1cc([N+](=O)[O-])cc(N)n1. The maximum atomic E-state index is 10.7. The van der Waals surface area contributed by atoms with E-state index in [0.29, 0.717) is 12.2 Å². The van der Waals surface area contributed by atoms with E-state index >= 15 is 0 Å². The maximum Gasteiger partial charge on any atom is 0.276 e. The van der Waals surface area contributed by atoms with Crippen molar-refractivity contribution in [3.63, 3.8) is 0 Å². The summed E-state index contributed by atoms with van der Waals surface area (Å²) in [5.41, 5.74) is 5.45. The second-order valence-corrected chi connectivity index (χ2v) is 4.22. The summed E-state index contributed by atoms with van der Waals surface area (Å²) in [5, 5.41) is 13.8. The normalized spacial score (nSPS) is 12.1. The Kier molecular flexibility index (Phi) is 3.65. The quantitative estimate of drug-likeness (QED) is 0.631.